The molecule has 5 rings (SSSR count). The van der Waals surface area contributed by atoms with Gasteiger partial charge in [0.2, 0.25) is 5.91 Å². The molecule has 0 unspecified atom stereocenters. The van der Waals surface area contributed by atoms with E-state index in [0.29, 0.717) is 5.75 Å². The molecule has 2 aromatic carbocycles. The quantitative estimate of drug-likeness (QED) is 0.713. The molecule has 1 heterocycles. The smallest absolute Gasteiger partial charge is 0.237 e. The van der Waals surface area contributed by atoms with E-state index in [0.717, 1.165) is 41.0 Å². The number of nitrogens with zero attached hydrogens (tertiary/aromatic N) is 2. The SMILES string of the molecule is COc1cccc(NC(=O)[C@]23CC[C@](C)(c4nc5ccccc5nc42)C3(C)C)c1. The lowest BCUT2D eigenvalue weighted by atomic mass is 9.63. The fraction of sp³-hybridized carbons (Fsp3) is 0.375. The standard InChI is InChI=1S/C24H25N3O2/c1-22(2)23(3)12-13-24(22,21(28)25-15-8-7-9-16(14-15)29-4)20-19(23)26-17-10-5-6-11-18(17)27-20/h5-11,14H,12-13H2,1-4H3,(H,25,28)/t23-,24+/m1/s1. The van der Waals surface area contributed by atoms with E-state index in [9.17, 15) is 4.79 Å². The molecule has 2 aliphatic rings. The van der Waals surface area contributed by atoms with E-state index in [1.54, 1.807) is 7.11 Å². The van der Waals surface area contributed by atoms with E-state index in [-0.39, 0.29) is 16.7 Å². The Labute approximate surface area is 170 Å². The molecule has 0 saturated heterocycles. The molecule has 3 aromatic rings. The molecule has 0 spiro atoms. The normalized spacial score (nSPS) is 26.3. The first kappa shape index (κ1) is 18.1. The zero-order chi connectivity index (χ0) is 20.4. The first-order valence-corrected chi connectivity index (χ1v) is 10.1. The Morgan fingerprint density at radius 1 is 0.966 bits per heavy atom. The molecule has 1 saturated carbocycles. The third kappa shape index (κ3) is 2.13. The lowest BCUT2D eigenvalue weighted by Crippen LogP contribution is -2.48. The van der Waals surface area contributed by atoms with Gasteiger partial charge in [0.1, 0.15) is 5.75 Å². The minimum absolute atomic E-state index is 0.0113. The van der Waals surface area contributed by atoms with E-state index in [1.807, 2.05) is 48.5 Å². The van der Waals surface area contributed by atoms with Gasteiger partial charge in [0.25, 0.3) is 0 Å². The molecule has 2 bridgehead atoms. The summed E-state index contributed by atoms with van der Waals surface area (Å²) in [6.07, 6.45) is 1.69. The molecule has 1 N–H and O–H groups in total. The van der Waals surface area contributed by atoms with Gasteiger partial charge in [-0.1, -0.05) is 39.0 Å². The Kier molecular flexibility index (Phi) is 3.61. The van der Waals surface area contributed by atoms with Crippen molar-refractivity contribution < 1.29 is 9.53 Å². The summed E-state index contributed by atoms with van der Waals surface area (Å²) in [6, 6.07) is 15.4. The number of carbonyl (C=O) groups excluding carboxylic acids is 1. The lowest BCUT2D eigenvalue weighted by Gasteiger charge is -2.39. The molecule has 5 heteroatoms. The summed E-state index contributed by atoms with van der Waals surface area (Å²) >= 11 is 0. The van der Waals surface area contributed by atoms with Gasteiger partial charge in [0, 0.05) is 17.2 Å². The van der Waals surface area contributed by atoms with Crippen LogP contribution in [0.3, 0.4) is 0 Å². The van der Waals surface area contributed by atoms with Gasteiger partial charge in [0.05, 0.1) is 34.9 Å². The molecular weight excluding hydrogens is 362 g/mol. The van der Waals surface area contributed by atoms with Crippen molar-refractivity contribution in [3.05, 3.63) is 59.9 Å². The third-order valence-corrected chi connectivity index (χ3v) is 7.66. The maximum absolute atomic E-state index is 13.8. The third-order valence-electron chi connectivity index (χ3n) is 7.66. The van der Waals surface area contributed by atoms with E-state index >= 15 is 0 Å². The van der Waals surface area contributed by atoms with Gasteiger partial charge in [0.15, 0.2) is 0 Å². The van der Waals surface area contributed by atoms with Crippen molar-refractivity contribution in [3.63, 3.8) is 0 Å². The van der Waals surface area contributed by atoms with Crippen molar-refractivity contribution in [2.45, 2.75) is 44.4 Å². The van der Waals surface area contributed by atoms with Crippen LogP contribution in [0.5, 0.6) is 5.75 Å². The average molecular weight is 387 g/mol. The van der Waals surface area contributed by atoms with Crippen LogP contribution in [0.1, 0.15) is 45.0 Å². The number of anilines is 1. The monoisotopic (exact) mass is 387 g/mol. The fourth-order valence-corrected chi connectivity index (χ4v) is 5.49. The molecule has 2 aliphatic carbocycles. The zero-order valence-electron chi connectivity index (χ0n) is 17.2. The summed E-state index contributed by atoms with van der Waals surface area (Å²) in [6.45, 7) is 6.63. The predicted octanol–water partition coefficient (Wildman–Crippen LogP) is 4.61. The highest BCUT2D eigenvalue weighted by Gasteiger charge is 2.73. The molecule has 148 valence electrons. The van der Waals surface area contributed by atoms with Gasteiger partial charge in [-0.2, -0.15) is 0 Å². The molecule has 1 aromatic heterocycles. The number of benzene rings is 2. The Balaban J connectivity index is 1.67. The van der Waals surface area contributed by atoms with Gasteiger partial charge >= 0.3 is 0 Å². The molecule has 1 fully saturated rings. The van der Waals surface area contributed by atoms with Gasteiger partial charge in [-0.3, -0.25) is 4.79 Å². The Morgan fingerprint density at radius 3 is 2.34 bits per heavy atom. The van der Waals surface area contributed by atoms with E-state index in [2.05, 4.69) is 26.1 Å². The largest absolute Gasteiger partial charge is 0.497 e. The van der Waals surface area contributed by atoms with Crippen molar-refractivity contribution >= 4 is 22.6 Å². The summed E-state index contributed by atoms with van der Waals surface area (Å²) in [7, 11) is 1.62. The predicted molar refractivity (Wildman–Crippen MR) is 113 cm³/mol. The average Bonchev–Trinajstić information content (AvgIpc) is 3.02. The fourth-order valence-electron chi connectivity index (χ4n) is 5.49. The van der Waals surface area contributed by atoms with Crippen LogP contribution in [0.25, 0.3) is 11.0 Å². The Hall–Kier alpha value is -2.95. The molecule has 29 heavy (non-hydrogen) atoms. The highest BCUT2D eigenvalue weighted by atomic mass is 16.5. The Bertz CT molecular complexity index is 1160. The second-order valence-electron chi connectivity index (χ2n) is 8.96. The summed E-state index contributed by atoms with van der Waals surface area (Å²) in [5.41, 5.74) is 3.08. The number of aromatic nitrogens is 2. The summed E-state index contributed by atoms with van der Waals surface area (Å²) in [5, 5.41) is 3.15. The van der Waals surface area contributed by atoms with Crippen LogP contribution in [0.4, 0.5) is 5.69 Å². The maximum Gasteiger partial charge on any atom is 0.237 e. The number of para-hydroxylation sites is 2. The van der Waals surface area contributed by atoms with Crippen molar-refractivity contribution in [1.82, 2.24) is 9.97 Å². The highest BCUT2D eigenvalue weighted by molar-refractivity contribution is 6.02. The number of rotatable bonds is 3. The second-order valence-corrected chi connectivity index (χ2v) is 8.96. The molecule has 5 nitrogen and oxygen atoms in total. The van der Waals surface area contributed by atoms with Crippen LogP contribution >= 0.6 is 0 Å². The number of nitrogens with one attached hydrogen (secondary N) is 1. The topological polar surface area (TPSA) is 64.1 Å². The number of hydrogen-bond acceptors (Lipinski definition) is 4. The number of amides is 1. The van der Waals surface area contributed by atoms with Crippen LogP contribution in [0, 0.1) is 5.41 Å². The number of methoxy groups -OCH3 is 1. The van der Waals surface area contributed by atoms with Crippen LogP contribution in [-0.4, -0.2) is 23.0 Å². The van der Waals surface area contributed by atoms with Crippen molar-refractivity contribution in [2.75, 3.05) is 12.4 Å². The van der Waals surface area contributed by atoms with E-state index in [1.165, 1.54) is 0 Å². The first-order chi connectivity index (χ1) is 13.8. The van der Waals surface area contributed by atoms with Crippen molar-refractivity contribution in [2.24, 2.45) is 5.41 Å². The zero-order valence-corrected chi connectivity index (χ0v) is 17.2. The number of fused-ring (bicyclic) bond motifs is 6. The number of carbonyl (C=O) groups is 1. The van der Waals surface area contributed by atoms with Crippen LogP contribution in [0.2, 0.25) is 0 Å². The van der Waals surface area contributed by atoms with E-state index < -0.39 is 5.41 Å². The van der Waals surface area contributed by atoms with Crippen molar-refractivity contribution in [1.29, 1.82) is 0 Å². The van der Waals surface area contributed by atoms with Crippen LogP contribution in [0.15, 0.2) is 48.5 Å². The highest BCUT2D eigenvalue weighted by Crippen LogP contribution is 2.70. The molecule has 2 atom stereocenters. The molecule has 0 aliphatic heterocycles. The number of ether oxygens (including phenoxy) is 1. The Morgan fingerprint density at radius 2 is 1.66 bits per heavy atom. The van der Waals surface area contributed by atoms with Crippen LogP contribution < -0.4 is 10.1 Å². The van der Waals surface area contributed by atoms with Gasteiger partial charge in [-0.15, -0.1) is 0 Å². The molecular formula is C24H25N3O2. The maximum atomic E-state index is 13.8. The minimum Gasteiger partial charge on any atom is -0.497 e. The van der Waals surface area contributed by atoms with E-state index in [4.69, 9.17) is 14.7 Å². The minimum atomic E-state index is -0.711. The van der Waals surface area contributed by atoms with Gasteiger partial charge in [-0.25, -0.2) is 9.97 Å². The molecule has 1 amide bonds. The van der Waals surface area contributed by atoms with Gasteiger partial charge < -0.3 is 10.1 Å². The van der Waals surface area contributed by atoms with Gasteiger partial charge in [-0.05, 0) is 42.5 Å². The molecule has 0 radical (unpaired) electrons. The first-order valence-electron chi connectivity index (χ1n) is 10.1. The summed E-state index contributed by atoms with van der Waals surface area (Å²) < 4.78 is 5.31. The summed E-state index contributed by atoms with van der Waals surface area (Å²) in [4.78, 5) is 23.8. The van der Waals surface area contributed by atoms with Crippen LogP contribution in [-0.2, 0) is 15.6 Å². The summed E-state index contributed by atoms with van der Waals surface area (Å²) in [5.74, 6) is 0.705. The second kappa shape index (κ2) is 5.78. The number of hydrogen-bond donors (Lipinski definition) is 1. The van der Waals surface area contributed by atoms with Crippen molar-refractivity contribution in [3.8, 4) is 5.75 Å². The lowest BCUT2D eigenvalue weighted by molar-refractivity contribution is -0.125.